The normalized spacial score (nSPS) is 30.0. The van der Waals surface area contributed by atoms with Crippen molar-refractivity contribution in [1.82, 2.24) is 10.0 Å². The van der Waals surface area contributed by atoms with E-state index in [2.05, 4.69) is 0 Å². The summed E-state index contributed by atoms with van der Waals surface area (Å²) in [6.45, 7) is 2.61. The highest BCUT2D eigenvalue weighted by atomic mass is 19.3. The number of nitrogens with zero attached hydrogens (tertiary/aromatic N) is 2. The number of fused-ring (bicyclic) bond motifs is 1. The molecular weight excluding hydrogens is 281 g/mol. The van der Waals surface area contributed by atoms with E-state index >= 15 is 0 Å². The number of carbonyl (C=O) groups excluding carboxylic acids is 1. The summed E-state index contributed by atoms with van der Waals surface area (Å²) in [6, 6.07) is 5.62. The Kier molecular flexibility index (Phi) is 3.06. The maximum atomic E-state index is 13.8. The van der Waals surface area contributed by atoms with E-state index in [0.717, 1.165) is 6.92 Å². The molecule has 0 spiro atoms. The fourth-order valence-electron chi connectivity index (χ4n) is 3.16. The zero-order valence-corrected chi connectivity index (χ0v) is 11.9. The zero-order valence-electron chi connectivity index (χ0n) is 11.9. The van der Waals surface area contributed by atoms with E-state index < -0.39 is 17.2 Å². The Bertz CT molecular complexity index is 587. The Balaban J connectivity index is 1.95. The Labute approximate surface area is 121 Å². The molecule has 6 heteroatoms. The summed E-state index contributed by atoms with van der Waals surface area (Å²) in [6.07, 6.45) is 0.626. The van der Waals surface area contributed by atoms with Crippen LogP contribution in [0.15, 0.2) is 24.3 Å². The molecular formula is C15H17F3N2O. The van der Waals surface area contributed by atoms with Crippen molar-refractivity contribution in [1.29, 1.82) is 0 Å². The molecule has 0 saturated carbocycles. The van der Waals surface area contributed by atoms with Gasteiger partial charge in [0.25, 0.3) is 11.8 Å². The van der Waals surface area contributed by atoms with Crippen LogP contribution in [0.4, 0.5) is 13.2 Å². The van der Waals surface area contributed by atoms with Crippen LogP contribution in [0, 0.1) is 11.2 Å². The van der Waals surface area contributed by atoms with E-state index in [4.69, 9.17) is 0 Å². The van der Waals surface area contributed by atoms with E-state index in [1.807, 2.05) is 0 Å². The van der Waals surface area contributed by atoms with Crippen LogP contribution in [0.3, 0.4) is 0 Å². The van der Waals surface area contributed by atoms with E-state index in [0.29, 0.717) is 18.5 Å². The summed E-state index contributed by atoms with van der Waals surface area (Å²) in [5.41, 5.74) is -1.08. The van der Waals surface area contributed by atoms with Gasteiger partial charge in [0.05, 0.1) is 6.04 Å². The van der Waals surface area contributed by atoms with Gasteiger partial charge in [-0.3, -0.25) is 9.80 Å². The molecule has 2 aliphatic heterocycles. The SMILES string of the molecule is CC(F)(F)C1(C)CN2CC[C@@H](c3cccc(F)c3)N2C1=O. The maximum Gasteiger partial charge on any atom is 0.260 e. The fraction of sp³-hybridized carbons (Fsp3) is 0.533. The molecule has 1 aromatic rings. The lowest BCUT2D eigenvalue weighted by Crippen LogP contribution is -2.45. The standard InChI is InChI=1S/C15H17F3N2O/c1-14(15(2,17)18)9-19-7-6-12(20(19)13(14)21)10-4-3-5-11(16)8-10/h3-5,8,12H,6-7,9H2,1-2H3/t12-,14?/m0/s1. The van der Waals surface area contributed by atoms with E-state index in [1.165, 1.54) is 24.1 Å². The quantitative estimate of drug-likeness (QED) is 0.838. The number of hydrogen-bond acceptors (Lipinski definition) is 2. The van der Waals surface area contributed by atoms with Crippen molar-refractivity contribution in [2.24, 2.45) is 5.41 Å². The second-order valence-electron chi connectivity index (χ2n) is 6.12. The van der Waals surface area contributed by atoms with Crippen LogP contribution < -0.4 is 0 Å². The van der Waals surface area contributed by atoms with Gasteiger partial charge in [0.1, 0.15) is 11.2 Å². The predicted octanol–water partition coefficient (Wildman–Crippen LogP) is 2.99. The molecule has 2 heterocycles. The van der Waals surface area contributed by atoms with Gasteiger partial charge in [0, 0.05) is 20.0 Å². The number of halogens is 3. The van der Waals surface area contributed by atoms with Crippen LogP contribution in [0.5, 0.6) is 0 Å². The number of alkyl halides is 2. The Hall–Kier alpha value is -1.56. The molecule has 3 nitrogen and oxygen atoms in total. The molecule has 0 aliphatic carbocycles. The van der Waals surface area contributed by atoms with Crippen molar-refractivity contribution in [3.8, 4) is 0 Å². The molecule has 21 heavy (non-hydrogen) atoms. The van der Waals surface area contributed by atoms with Crippen LogP contribution in [-0.4, -0.2) is 34.9 Å². The summed E-state index contributed by atoms with van der Waals surface area (Å²) >= 11 is 0. The molecule has 2 fully saturated rings. The van der Waals surface area contributed by atoms with Gasteiger partial charge in [-0.25, -0.2) is 18.2 Å². The van der Waals surface area contributed by atoms with Crippen LogP contribution >= 0.6 is 0 Å². The van der Waals surface area contributed by atoms with Crippen molar-refractivity contribution in [2.75, 3.05) is 13.1 Å². The number of benzene rings is 1. The number of amides is 1. The molecule has 0 bridgehead atoms. The monoisotopic (exact) mass is 298 g/mol. The predicted molar refractivity (Wildman–Crippen MR) is 70.9 cm³/mol. The number of rotatable bonds is 2. The van der Waals surface area contributed by atoms with Gasteiger partial charge in [0.2, 0.25) is 0 Å². The largest absolute Gasteiger partial charge is 0.272 e. The first-order valence-corrected chi connectivity index (χ1v) is 6.96. The number of hydrogen-bond donors (Lipinski definition) is 0. The smallest absolute Gasteiger partial charge is 0.260 e. The molecule has 0 aromatic heterocycles. The van der Waals surface area contributed by atoms with E-state index in [9.17, 15) is 18.0 Å². The number of hydrazine groups is 1. The molecule has 2 aliphatic rings. The minimum absolute atomic E-state index is 0.00114. The van der Waals surface area contributed by atoms with Crippen LogP contribution in [0.1, 0.15) is 31.9 Å². The molecule has 1 unspecified atom stereocenters. The summed E-state index contributed by atoms with van der Waals surface area (Å²) in [5.74, 6) is -4.07. The Morgan fingerprint density at radius 1 is 1.38 bits per heavy atom. The average molecular weight is 298 g/mol. The first-order valence-electron chi connectivity index (χ1n) is 6.96. The molecule has 0 N–H and O–H groups in total. The summed E-state index contributed by atoms with van der Waals surface area (Å²) < 4.78 is 41.0. The molecule has 1 amide bonds. The van der Waals surface area contributed by atoms with Crippen LogP contribution in [-0.2, 0) is 4.79 Å². The highest BCUT2D eigenvalue weighted by Crippen LogP contribution is 2.48. The maximum absolute atomic E-state index is 13.8. The lowest BCUT2D eigenvalue weighted by atomic mass is 9.83. The molecule has 1 aromatic carbocycles. The Morgan fingerprint density at radius 2 is 2.10 bits per heavy atom. The lowest BCUT2D eigenvalue weighted by Gasteiger charge is -2.30. The summed E-state index contributed by atoms with van der Waals surface area (Å²) in [4.78, 5) is 12.5. The van der Waals surface area contributed by atoms with Gasteiger partial charge < -0.3 is 0 Å². The molecule has 3 rings (SSSR count). The Morgan fingerprint density at radius 3 is 2.71 bits per heavy atom. The highest BCUT2D eigenvalue weighted by Gasteiger charge is 2.62. The van der Waals surface area contributed by atoms with E-state index in [-0.39, 0.29) is 18.4 Å². The van der Waals surface area contributed by atoms with Gasteiger partial charge in [0.15, 0.2) is 0 Å². The third-order valence-corrected chi connectivity index (χ3v) is 4.64. The van der Waals surface area contributed by atoms with Crippen molar-refractivity contribution in [2.45, 2.75) is 32.2 Å². The first kappa shape index (κ1) is 14.4. The highest BCUT2D eigenvalue weighted by molar-refractivity contribution is 5.86. The van der Waals surface area contributed by atoms with Crippen molar-refractivity contribution in [3.05, 3.63) is 35.6 Å². The average Bonchev–Trinajstić information content (AvgIpc) is 2.89. The van der Waals surface area contributed by atoms with Crippen molar-refractivity contribution >= 4 is 5.91 Å². The van der Waals surface area contributed by atoms with Gasteiger partial charge in [-0.05, 0) is 31.0 Å². The molecule has 2 saturated heterocycles. The van der Waals surface area contributed by atoms with Crippen LogP contribution in [0.2, 0.25) is 0 Å². The van der Waals surface area contributed by atoms with Crippen molar-refractivity contribution < 1.29 is 18.0 Å². The van der Waals surface area contributed by atoms with Crippen LogP contribution in [0.25, 0.3) is 0 Å². The summed E-state index contributed by atoms with van der Waals surface area (Å²) in [7, 11) is 0. The van der Waals surface area contributed by atoms with E-state index in [1.54, 1.807) is 17.1 Å². The minimum Gasteiger partial charge on any atom is -0.272 e. The first-order chi connectivity index (χ1) is 9.74. The summed E-state index contributed by atoms with van der Waals surface area (Å²) in [5, 5.41) is 3.06. The fourth-order valence-corrected chi connectivity index (χ4v) is 3.16. The van der Waals surface area contributed by atoms with Gasteiger partial charge in [-0.1, -0.05) is 12.1 Å². The third kappa shape index (κ3) is 2.04. The minimum atomic E-state index is -3.10. The lowest BCUT2D eigenvalue weighted by molar-refractivity contribution is -0.156. The molecule has 2 atom stereocenters. The van der Waals surface area contributed by atoms with Gasteiger partial charge >= 0.3 is 0 Å². The zero-order chi connectivity index (χ0) is 15.4. The van der Waals surface area contributed by atoms with Gasteiger partial charge in [-0.2, -0.15) is 0 Å². The van der Waals surface area contributed by atoms with Gasteiger partial charge in [-0.15, -0.1) is 0 Å². The van der Waals surface area contributed by atoms with Crippen molar-refractivity contribution in [3.63, 3.8) is 0 Å². The second-order valence-corrected chi connectivity index (χ2v) is 6.12. The molecule has 114 valence electrons. The second kappa shape index (κ2) is 4.47. The third-order valence-electron chi connectivity index (χ3n) is 4.64. The topological polar surface area (TPSA) is 23.6 Å². The molecule has 0 radical (unpaired) electrons. The number of carbonyl (C=O) groups is 1.